The van der Waals surface area contributed by atoms with Gasteiger partial charge in [-0.3, -0.25) is 9.11 Å². The zero-order chi connectivity index (χ0) is 4.50. The van der Waals surface area contributed by atoms with Crippen LogP contribution in [0.15, 0.2) is 0 Å². The van der Waals surface area contributed by atoms with Crippen LogP contribution in [0.4, 0.5) is 0 Å². The fourth-order valence-corrected chi connectivity index (χ4v) is 0. The summed E-state index contributed by atoms with van der Waals surface area (Å²) in [5, 5.41) is 0. The summed E-state index contributed by atoms with van der Waals surface area (Å²) in [6.07, 6.45) is 0. The van der Waals surface area contributed by atoms with E-state index in [1.54, 1.807) is 0 Å². The molecule has 0 saturated carbocycles. The van der Waals surface area contributed by atoms with E-state index in [0.29, 0.717) is 0 Å². The summed E-state index contributed by atoms with van der Waals surface area (Å²) in [6, 6.07) is 0. The van der Waals surface area contributed by atoms with Gasteiger partial charge in [0.25, 0.3) is 0 Å². The van der Waals surface area contributed by atoms with Crippen molar-refractivity contribution < 1.29 is 69.6 Å². The molecule has 0 bridgehead atoms. The van der Waals surface area contributed by atoms with E-state index in [9.17, 15) is 0 Å². The van der Waals surface area contributed by atoms with Crippen molar-refractivity contribution in [3.63, 3.8) is 0 Å². The van der Waals surface area contributed by atoms with Gasteiger partial charge in [0, 0.05) is 21.1 Å². The van der Waals surface area contributed by atoms with Gasteiger partial charge in [-0.2, -0.15) is 8.42 Å². The molecule has 2 N–H and O–H groups in total. The topological polar surface area (TPSA) is 74.6 Å². The maximum Gasteiger partial charge on any atom is 1.00 e. The molecule has 44 valence electrons. The summed E-state index contributed by atoms with van der Waals surface area (Å²) in [6.45, 7) is 0. The third kappa shape index (κ3) is 96.2. The molecule has 0 spiro atoms. The first-order valence-electron chi connectivity index (χ1n) is 0.698. The maximum atomic E-state index is 8.74. The van der Waals surface area contributed by atoms with Crippen LogP contribution < -0.4 is 29.6 Å². The summed E-state index contributed by atoms with van der Waals surface area (Å²) in [4.78, 5) is 0. The summed E-state index contributed by atoms with van der Waals surface area (Å²) in [7, 11) is -4.67. The Morgan fingerprint density at radius 3 is 1.29 bits per heavy atom. The Kier molecular flexibility index (Phi) is 12.9. The van der Waals surface area contributed by atoms with Crippen LogP contribution in [0.2, 0.25) is 0 Å². The van der Waals surface area contributed by atoms with Crippen molar-refractivity contribution in [3.05, 3.63) is 0 Å². The van der Waals surface area contributed by atoms with Crippen LogP contribution in [0.1, 0.15) is 1.43 Å². The van der Waals surface area contributed by atoms with Crippen LogP contribution in [0.3, 0.4) is 0 Å². The molecule has 0 aromatic rings. The number of rotatable bonds is 0. The molecule has 0 atom stereocenters. The molecule has 7 heavy (non-hydrogen) atoms. The predicted molar refractivity (Wildman–Crippen MR) is 15.3 cm³/mol. The quantitative estimate of drug-likeness (QED) is 0.359. The first-order valence-corrected chi connectivity index (χ1v) is 2.10. The molecule has 0 fully saturated rings. The molecule has 0 aromatic heterocycles. The van der Waals surface area contributed by atoms with Gasteiger partial charge in [0.15, 0.2) is 0 Å². The fraction of sp³-hybridized carbons (Fsp3) is 0. The molecule has 0 aromatic carbocycles. The van der Waals surface area contributed by atoms with E-state index in [4.69, 9.17) is 17.5 Å². The average Bonchev–Trinajstić information content (AvgIpc) is 0.722. The van der Waals surface area contributed by atoms with E-state index in [1.807, 2.05) is 0 Å². The van der Waals surface area contributed by atoms with Crippen molar-refractivity contribution in [1.82, 2.24) is 0 Å². The van der Waals surface area contributed by atoms with E-state index in [-0.39, 0.29) is 52.0 Å². The van der Waals surface area contributed by atoms with Gasteiger partial charge in [-0.1, -0.05) is 0 Å². The Hall–Kier alpha value is 1.56. The van der Waals surface area contributed by atoms with Crippen molar-refractivity contribution in [2.75, 3.05) is 0 Å². The van der Waals surface area contributed by atoms with Gasteiger partial charge in [-0.05, 0) is 0 Å². The normalized spacial score (nSPS) is 8.29. The van der Waals surface area contributed by atoms with Crippen LogP contribution in [-0.2, 0) is 31.5 Å². The van der Waals surface area contributed by atoms with Gasteiger partial charge < -0.3 is 1.43 Å². The van der Waals surface area contributed by atoms with Gasteiger partial charge in [-0.15, -0.1) is 0 Å². The summed E-state index contributed by atoms with van der Waals surface area (Å²) < 4.78 is 31.6. The minimum Gasteiger partial charge on any atom is -1.00 e. The summed E-state index contributed by atoms with van der Waals surface area (Å²) >= 11 is 0. The van der Waals surface area contributed by atoms with Crippen LogP contribution in [-0.4, -0.2) is 17.5 Å². The number of hydrogen-bond acceptors (Lipinski definition) is 2. The van der Waals surface area contributed by atoms with Crippen molar-refractivity contribution in [1.29, 1.82) is 0 Å². The van der Waals surface area contributed by atoms with Crippen LogP contribution in [0, 0.1) is 0 Å². The molecule has 4 nitrogen and oxygen atoms in total. The second-order valence-corrected chi connectivity index (χ2v) is 1.34. The zero-order valence-electron chi connectivity index (χ0n) is 4.44. The standard InChI is InChI=1S/Na.H2O4S.Pt.H/c;1-5(2,3)4;;/h;(H2,1,2,3,4);;/q+1;;;-1. The van der Waals surface area contributed by atoms with E-state index in [2.05, 4.69) is 0 Å². The molecular formula is H3NaO4PtS. The molecule has 0 saturated heterocycles. The maximum absolute atomic E-state index is 8.74. The van der Waals surface area contributed by atoms with Crippen molar-refractivity contribution in [3.8, 4) is 0 Å². The van der Waals surface area contributed by atoms with Gasteiger partial charge in [0.05, 0.1) is 0 Å². The van der Waals surface area contributed by atoms with Crippen molar-refractivity contribution in [2.45, 2.75) is 0 Å². The molecule has 0 amide bonds. The minimum atomic E-state index is -4.67. The van der Waals surface area contributed by atoms with E-state index < -0.39 is 10.4 Å². The molecule has 0 aliphatic carbocycles. The first kappa shape index (κ1) is 15.8. The molecule has 0 rings (SSSR count). The predicted octanol–water partition coefficient (Wildman–Crippen LogP) is -3.54. The van der Waals surface area contributed by atoms with Crippen LogP contribution >= 0.6 is 0 Å². The van der Waals surface area contributed by atoms with E-state index in [1.165, 1.54) is 0 Å². The first-order chi connectivity index (χ1) is 2.00. The van der Waals surface area contributed by atoms with Gasteiger partial charge in [0.1, 0.15) is 0 Å². The summed E-state index contributed by atoms with van der Waals surface area (Å²) in [5.41, 5.74) is 0. The van der Waals surface area contributed by atoms with Gasteiger partial charge >= 0.3 is 40.0 Å². The Bertz CT molecular complexity index is 99.2. The Balaban J connectivity index is -0.0000000267. The zero-order valence-corrected chi connectivity index (χ0v) is 8.52. The third-order valence-electron chi connectivity index (χ3n) is 0. The Morgan fingerprint density at radius 2 is 1.29 bits per heavy atom. The average molecular weight is 317 g/mol. The second kappa shape index (κ2) is 5.69. The molecule has 0 aliphatic heterocycles. The van der Waals surface area contributed by atoms with E-state index in [0.717, 1.165) is 0 Å². The third-order valence-corrected chi connectivity index (χ3v) is 0. The SMILES string of the molecule is O=S(=O)(O)O.[H-].[Na+].[Pt]. The molecular weight excluding hydrogens is 314 g/mol. The fourth-order valence-electron chi connectivity index (χ4n) is 0. The smallest absolute Gasteiger partial charge is 1.00 e. The Labute approximate surface area is 79.3 Å². The van der Waals surface area contributed by atoms with Crippen LogP contribution in [0.5, 0.6) is 0 Å². The molecule has 7 heteroatoms. The second-order valence-electron chi connectivity index (χ2n) is 0.448. The molecule has 0 aliphatic rings. The van der Waals surface area contributed by atoms with Crippen LogP contribution in [0.25, 0.3) is 0 Å². The Morgan fingerprint density at radius 1 is 1.29 bits per heavy atom. The van der Waals surface area contributed by atoms with Gasteiger partial charge in [0.2, 0.25) is 0 Å². The molecule has 0 unspecified atom stereocenters. The molecule has 0 radical (unpaired) electrons. The summed E-state index contributed by atoms with van der Waals surface area (Å²) in [5.74, 6) is 0. The monoisotopic (exact) mass is 317 g/mol. The minimum absolute atomic E-state index is 0. The number of hydrogen-bond donors (Lipinski definition) is 2. The van der Waals surface area contributed by atoms with Gasteiger partial charge in [-0.25, -0.2) is 0 Å². The largest absolute Gasteiger partial charge is 1.00 e. The van der Waals surface area contributed by atoms with Crippen molar-refractivity contribution in [2.24, 2.45) is 0 Å². The van der Waals surface area contributed by atoms with Crippen molar-refractivity contribution >= 4 is 10.4 Å². The molecule has 0 heterocycles. The van der Waals surface area contributed by atoms with E-state index >= 15 is 0 Å².